The van der Waals surface area contributed by atoms with Gasteiger partial charge in [-0.25, -0.2) is 0 Å². The first-order chi connectivity index (χ1) is 25.6. The van der Waals surface area contributed by atoms with E-state index >= 15 is 0 Å². The predicted octanol–water partition coefficient (Wildman–Crippen LogP) is 11.5. The molecule has 0 saturated heterocycles. The van der Waals surface area contributed by atoms with Crippen molar-refractivity contribution >= 4 is 13.8 Å². The topological polar surface area (TPSA) is 94.1 Å². The maximum Gasteiger partial charge on any atom is 0.306 e. The number of allylic oxidation sites excluding steroid dienone is 10. The molecular formula is C44H80NO7P. The van der Waals surface area contributed by atoms with Gasteiger partial charge in [0.25, 0.3) is 7.82 Å². The van der Waals surface area contributed by atoms with Crippen LogP contribution in [0.3, 0.4) is 0 Å². The average Bonchev–Trinajstić information content (AvgIpc) is 3.11. The van der Waals surface area contributed by atoms with Crippen LogP contribution in [0.5, 0.6) is 0 Å². The van der Waals surface area contributed by atoms with Crippen molar-refractivity contribution in [3.8, 4) is 0 Å². The van der Waals surface area contributed by atoms with E-state index < -0.39 is 19.9 Å². The Morgan fingerprint density at radius 1 is 0.604 bits per heavy atom. The molecular weight excluding hydrogens is 685 g/mol. The third kappa shape index (κ3) is 41.2. The van der Waals surface area contributed by atoms with Crippen LogP contribution in [0.4, 0.5) is 0 Å². The van der Waals surface area contributed by atoms with Crippen molar-refractivity contribution < 1.29 is 37.3 Å². The van der Waals surface area contributed by atoms with Crippen LogP contribution >= 0.6 is 7.82 Å². The molecule has 308 valence electrons. The molecule has 0 N–H and O–H groups in total. The third-order valence-corrected chi connectivity index (χ3v) is 9.55. The fourth-order valence-electron chi connectivity index (χ4n) is 5.35. The number of quaternary nitrogens is 1. The zero-order valence-corrected chi connectivity index (χ0v) is 35.6. The molecule has 9 heteroatoms. The molecule has 0 amide bonds. The highest BCUT2D eigenvalue weighted by atomic mass is 31.2. The Morgan fingerprint density at radius 3 is 1.57 bits per heavy atom. The molecule has 0 heterocycles. The third-order valence-electron chi connectivity index (χ3n) is 8.58. The van der Waals surface area contributed by atoms with Gasteiger partial charge in [-0.15, -0.1) is 0 Å². The van der Waals surface area contributed by atoms with Crippen LogP contribution in [0.2, 0.25) is 0 Å². The molecule has 0 fully saturated rings. The number of hydrogen-bond donors (Lipinski definition) is 0. The van der Waals surface area contributed by atoms with Crippen molar-refractivity contribution in [3.05, 3.63) is 60.8 Å². The number of esters is 1. The number of nitrogens with zero attached hydrogens (tertiary/aromatic N) is 1. The quantitative estimate of drug-likeness (QED) is 0.0203. The van der Waals surface area contributed by atoms with Crippen molar-refractivity contribution in [2.75, 3.05) is 54.1 Å². The first-order valence-electron chi connectivity index (χ1n) is 21.0. The second-order valence-corrected chi connectivity index (χ2v) is 16.4. The molecule has 0 bridgehead atoms. The monoisotopic (exact) mass is 766 g/mol. The lowest BCUT2D eigenvalue weighted by Gasteiger charge is -2.28. The smallest absolute Gasteiger partial charge is 0.306 e. The molecule has 53 heavy (non-hydrogen) atoms. The zero-order chi connectivity index (χ0) is 39.1. The van der Waals surface area contributed by atoms with Gasteiger partial charge in [0.05, 0.1) is 34.4 Å². The molecule has 0 radical (unpaired) electrons. The molecule has 0 saturated carbocycles. The molecule has 0 aromatic heterocycles. The summed E-state index contributed by atoms with van der Waals surface area (Å²) < 4.78 is 34.5. The number of phosphoric acid groups is 1. The van der Waals surface area contributed by atoms with E-state index in [4.69, 9.17) is 18.5 Å². The van der Waals surface area contributed by atoms with Crippen molar-refractivity contribution in [3.63, 3.8) is 0 Å². The minimum absolute atomic E-state index is 0.0140. The Balaban J connectivity index is 4.37. The van der Waals surface area contributed by atoms with E-state index in [1.165, 1.54) is 77.0 Å². The Morgan fingerprint density at radius 2 is 1.08 bits per heavy atom. The van der Waals surface area contributed by atoms with Gasteiger partial charge in [0.1, 0.15) is 19.3 Å². The van der Waals surface area contributed by atoms with E-state index in [0.717, 1.165) is 51.4 Å². The van der Waals surface area contributed by atoms with Crippen molar-refractivity contribution in [2.45, 2.75) is 161 Å². The summed E-state index contributed by atoms with van der Waals surface area (Å²) in [5, 5.41) is 0. The lowest BCUT2D eigenvalue weighted by Crippen LogP contribution is -2.37. The highest BCUT2D eigenvalue weighted by Crippen LogP contribution is 2.38. The van der Waals surface area contributed by atoms with Gasteiger partial charge >= 0.3 is 5.97 Å². The largest absolute Gasteiger partial charge is 0.756 e. The number of hydrogen-bond acceptors (Lipinski definition) is 7. The van der Waals surface area contributed by atoms with Gasteiger partial charge in [-0.1, -0.05) is 158 Å². The van der Waals surface area contributed by atoms with E-state index in [1.807, 2.05) is 21.1 Å². The normalized spacial score (nSPS) is 14.5. The van der Waals surface area contributed by atoms with Crippen LogP contribution in [0.25, 0.3) is 0 Å². The molecule has 0 aliphatic carbocycles. The fourth-order valence-corrected chi connectivity index (χ4v) is 6.07. The predicted molar refractivity (Wildman–Crippen MR) is 222 cm³/mol. The van der Waals surface area contributed by atoms with E-state index in [2.05, 4.69) is 74.6 Å². The Kier molecular flexibility index (Phi) is 35.9. The summed E-state index contributed by atoms with van der Waals surface area (Å²) in [5.74, 6) is -0.391. The summed E-state index contributed by atoms with van der Waals surface area (Å²) in [6, 6.07) is 0. The average molecular weight is 766 g/mol. The number of carbonyl (C=O) groups is 1. The summed E-state index contributed by atoms with van der Waals surface area (Å²) >= 11 is 0. The van der Waals surface area contributed by atoms with Crippen LogP contribution in [0.1, 0.15) is 155 Å². The lowest BCUT2D eigenvalue weighted by atomic mass is 10.0. The minimum Gasteiger partial charge on any atom is -0.756 e. The van der Waals surface area contributed by atoms with E-state index in [0.29, 0.717) is 24.1 Å². The molecule has 2 unspecified atom stereocenters. The van der Waals surface area contributed by atoms with Crippen LogP contribution in [0.15, 0.2) is 60.8 Å². The van der Waals surface area contributed by atoms with Gasteiger partial charge in [-0.3, -0.25) is 9.36 Å². The van der Waals surface area contributed by atoms with Crippen molar-refractivity contribution in [2.24, 2.45) is 0 Å². The summed E-state index contributed by atoms with van der Waals surface area (Å²) in [5.41, 5.74) is 0. The summed E-state index contributed by atoms with van der Waals surface area (Å²) in [6.07, 6.45) is 45.2. The highest BCUT2D eigenvalue weighted by Gasteiger charge is 2.20. The molecule has 0 aromatic carbocycles. The Hall–Kier alpha value is -1.80. The molecule has 0 rings (SSSR count). The van der Waals surface area contributed by atoms with Gasteiger partial charge in [0, 0.05) is 13.0 Å². The number of phosphoric ester groups is 1. The van der Waals surface area contributed by atoms with Crippen molar-refractivity contribution in [1.82, 2.24) is 0 Å². The molecule has 0 aliphatic rings. The number of ether oxygens (including phenoxy) is 2. The second-order valence-electron chi connectivity index (χ2n) is 15.0. The van der Waals surface area contributed by atoms with Gasteiger partial charge in [0.2, 0.25) is 0 Å². The maximum absolute atomic E-state index is 12.6. The number of rotatable bonds is 38. The summed E-state index contributed by atoms with van der Waals surface area (Å²) in [4.78, 5) is 25.0. The number of likely N-dealkylation sites (N-methyl/N-ethyl adjacent to an activating group) is 1. The number of carbonyl (C=O) groups excluding carboxylic acids is 1. The Bertz CT molecular complexity index is 1030. The highest BCUT2D eigenvalue weighted by molar-refractivity contribution is 7.45. The number of unbranched alkanes of at least 4 members (excludes halogenated alkanes) is 14. The van der Waals surface area contributed by atoms with Gasteiger partial charge < -0.3 is 27.9 Å². The minimum atomic E-state index is -4.54. The first kappa shape index (κ1) is 51.2. The van der Waals surface area contributed by atoms with E-state index in [9.17, 15) is 14.3 Å². The first-order valence-corrected chi connectivity index (χ1v) is 22.5. The van der Waals surface area contributed by atoms with Gasteiger partial charge in [-0.2, -0.15) is 0 Å². The zero-order valence-electron chi connectivity index (χ0n) is 34.7. The van der Waals surface area contributed by atoms with Gasteiger partial charge in [-0.05, 0) is 51.4 Å². The lowest BCUT2D eigenvalue weighted by molar-refractivity contribution is -0.870. The maximum atomic E-state index is 12.6. The second kappa shape index (κ2) is 37.1. The van der Waals surface area contributed by atoms with E-state index in [-0.39, 0.29) is 26.2 Å². The van der Waals surface area contributed by atoms with Gasteiger partial charge in [0.15, 0.2) is 0 Å². The van der Waals surface area contributed by atoms with Crippen LogP contribution in [-0.2, 0) is 27.9 Å². The SMILES string of the molecule is CC/C=C/C/C=C/C/C=C/C/C=C/C/C=C/CCCC(=O)OC(COCCCCCCCCCCCCCCCC)COP(=O)([O-])OCC[N+](C)(C)C. The standard InChI is InChI=1S/C44H80NO7P/c1-6-8-10-12-14-16-18-20-22-23-24-25-27-29-31-33-35-37-44(46)52-43(42-51-53(47,48)50-40-38-45(3,4)5)41-49-39-36-34-32-30-28-26-21-19-17-15-13-11-9-7-2/h8,10,14,16,20,22,24-25,29,31,43H,6-7,9,11-13,15,17-19,21,23,26-28,30,32-42H2,1-5H3/b10-8+,16-14+,22-20+,25-24+,31-29+. The van der Waals surface area contributed by atoms with E-state index in [1.54, 1.807) is 0 Å². The van der Waals surface area contributed by atoms with Crippen molar-refractivity contribution in [1.29, 1.82) is 0 Å². The molecule has 2 atom stereocenters. The van der Waals surface area contributed by atoms with Crippen LogP contribution in [0, 0.1) is 0 Å². The molecule has 0 aliphatic heterocycles. The van der Waals surface area contributed by atoms with Crippen LogP contribution in [-0.4, -0.2) is 70.7 Å². The molecule has 0 spiro atoms. The molecule has 0 aromatic rings. The molecule has 8 nitrogen and oxygen atoms in total. The summed E-state index contributed by atoms with van der Waals surface area (Å²) in [7, 11) is 1.31. The summed E-state index contributed by atoms with van der Waals surface area (Å²) in [6.45, 7) is 5.21. The Labute approximate surface area is 326 Å². The van der Waals surface area contributed by atoms with Crippen LogP contribution < -0.4 is 4.89 Å². The fraction of sp³-hybridized carbons (Fsp3) is 0.750.